The number of nitrogens with zero attached hydrogens (tertiary/aromatic N) is 1. The van der Waals surface area contributed by atoms with Crippen LogP contribution in [0.4, 0.5) is 0 Å². The molecule has 0 unspecified atom stereocenters. The van der Waals surface area contributed by atoms with Crippen LogP contribution in [0.5, 0.6) is 0 Å². The van der Waals surface area contributed by atoms with E-state index in [1.54, 1.807) is 0 Å². The van der Waals surface area contributed by atoms with E-state index in [-0.39, 0.29) is 12.0 Å². The van der Waals surface area contributed by atoms with Gasteiger partial charge in [0.1, 0.15) is 0 Å². The summed E-state index contributed by atoms with van der Waals surface area (Å²) in [6.45, 7) is 5.91. The smallest absolute Gasteiger partial charge is 0.304 e. The molecule has 3 heteroatoms. The molecular weight excluding hydrogens is 214 g/mol. The largest absolute Gasteiger partial charge is 0.481 e. The second-order valence-corrected chi connectivity index (χ2v) is 5.10. The summed E-state index contributed by atoms with van der Waals surface area (Å²) in [5.74, 6) is -0.723. The molecule has 2 rings (SSSR count). The highest BCUT2D eigenvalue weighted by molar-refractivity contribution is 5.66. The van der Waals surface area contributed by atoms with Crippen molar-refractivity contribution in [3.63, 3.8) is 0 Å². The van der Waals surface area contributed by atoms with Gasteiger partial charge in [0, 0.05) is 18.6 Å². The van der Waals surface area contributed by atoms with Gasteiger partial charge in [-0.2, -0.15) is 0 Å². The zero-order valence-electron chi connectivity index (χ0n) is 10.4. The predicted molar refractivity (Wildman–Crippen MR) is 67.0 cm³/mol. The maximum Gasteiger partial charge on any atom is 0.304 e. The minimum absolute atomic E-state index is 0.0652. The normalized spacial score (nSPS) is 18.7. The molecule has 0 aromatic heterocycles. The van der Waals surface area contributed by atoms with E-state index in [1.807, 2.05) is 0 Å². The van der Waals surface area contributed by atoms with Crippen molar-refractivity contribution < 1.29 is 9.90 Å². The molecular formula is C14H19NO2. The summed E-state index contributed by atoms with van der Waals surface area (Å²) < 4.78 is 0. The summed E-state index contributed by atoms with van der Waals surface area (Å²) in [4.78, 5) is 12.9. The standard InChI is InChI=1S/C14H19NO2/c1-14(2)12-6-4-3-5-11(12)7-9-15(14)10-8-13(16)17/h3-6H,7-10H2,1-2H3,(H,16,17). The van der Waals surface area contributed by atoms with Gasteiger partial charge in [0.2, 0.25) is 0 Å². The summed E-state index contributed by atoms with van der Waals surface area (Å²) in [6, 6.07) is 8.46. The first-order chi connectivity index (χ1) is 8.01. The number of benzene rings is 1. The highest BCUT2D eigenvalue weighted by Crippen LogP contribution is 2.34. The number of carbonyl (C=O) groups is 1. The molecule has 0 atom stereocenters. The van der Waals surface area contributed by atoms with E-state index in [0.29, 0.717) is 6.54 Å². The molecule has 1 aliphatic rings. The van der Waals surface area contributed by atoms with Gasteiger partial charge >= 0.3 is 5.97 Å². The van der Waals surface area contributed by atoms with Crippen LogP contribution in [-0.2, 0) is 16.8 Å². The lowest BCUT2D eigenvalue weighted by Crippen LogP contribution is -2.47. The van der Waals surface area contributed by atoms with Crippen molar-refractivity contribution in [2.75, 3.05) is 13.1 Å². The number of aliphatic carboxylic acids is 1. The van der Waals surface area contributed by atoms with Crippen molar-refractivity contribution in [3.8, 4) is 0 Å². The summed E-state index contributed by atoms with van der Waals surface area (Å²) in [6.07, 6.45) is 1.23. The lowest BCUT2D eigenvalue weighted by Gasteiger charge is -2.43. The van der Waals surface area contributed by atoms with Gasteiger partial charge in [0.25, 0.3) is 0 Å². The molecule has 1 N–H and O–H groups in total. The predicted octanol–water partition coefficient (Wildman–Crippen LogP) is 2.25. The van der Waals surface area contributed by atoms with E-state index < -0.39 is 5.97 Å². The van der Waals surface area contributed by atoms with Gasteiger partial charge in [-0.3, -0.25) is 9.69 Å². The Morgan fingerprint density at radius 1 is 1.41 bits per heavy atom. The van der Waals surface area contributed by atoms with Crippen molar-refractivity contribution in [1.29, 1.82) is 0 Å². The fourth-order valence-corrected chi connectivity index (χ4v) is 2.66. The number of hydrogen-bond acceptors (Lipinski definition) is 2. The molecule has 1 aliphatic heterocycles. The van der Waals surface area contributed by atoms with Crippen LogP contribution in [0.15, 0.2) is 24.3 Å². The third-order valence-electron chi connectivity index (χ3n) is 3.71. The van der Waals surface area contributed by atoms with Crippen LogP contribution in [0.3, 0.4) is 0 Å². The molecule has 3 nitrogen and oxygen atoms in total. The van der Waals surface area contributed by atoms with Crippen LogP contribution in [0.2, 0.25) is 0 Å². The number of fused-ring (bicyclic) bond motifs is 1. The molecule has 17 heavy (non-hydrogen) atoms. The molecule has 0 bridgehead atoms. The topological polar surface area (TPSA) is 40.5 Å². The molecule has 1 aromatic rings. The fourth-order valence-electron chi connectivity index (χ4n) is 2.66. The van der Waals surface area contributed by atoms with Crippen LogP contribution in [0.25, 0.3) is 0 Å². The Labute approximate surface area is 102 Å². The Morgan fingerprint density at radius 2 is 2.12 bits per heavy atom. The average molecular weight is 233 g/mol. The molecule has 0 amide bonds. The van der Waals surface area contributed by atoms with Crippen molar-refractivity contribution in [2.45, 2.75) is 32.2 Å². The van der Waals surface area contributed by atoms with E-state index in [4.69, 9.17) is 5.11 Å². The van der Waals surface area contributed by atoms with Crippen molar-refractivity contribution in [1.82, 2.24) is 4.90 Å². The fraction of sp³-hybridized carbons (Fsp3) is 0.500. The third kappa shape index (κ3) is 2.34. The van der Waals surface area contributed by atoms with Crippen LogP contribution >= 0.6 is 0 Å². The lowest BCUT2D eigenvalue weighted by atomic mass is 9.83. The van der Waals surface area contributed by atoms with Gasteiger partial charge < -0.3 is 5.11 Å². The van der Waals surface area contributed by atoms with E-state index in [2.05, 4.69) is 43.0 Å². The first-order valence-electron chi connectivity index (χ1n) is 6.07. The van der Waals surface area contributed by atoms with Gasteiger partial charge in [-0.05, 0) is 31.4 Å². The minimum atomic E-state index is -0.723. The minimum Gasteiger partial charge on any atom is -0.481 e. The molecule has 0 aliphatic carbocycles. The van der Waals surface area contributed by atoms with Crippen LogP contribution in [0.1, 0.15) is 31.4 Å². The maximum absolute atomic E-state index is 10.7. The first kappa shape index (κ1) is 12.1. The molecule has 0 spiro atoms. The Balaban J connectivity index is 2.21. The zero-order valence-corrected chi connectivity index (χ0v) is 10.4. The van der Waals surface area contributed by atoms with Gasteiger partial charge in [0.05, 0.1) is 6.42 Å². The average Bonchev–Trinajstić information content (AvgIpc) is 2.28. The van der Waals surface area contributed by atoms with E-state index in [1.165, 1.54) is 11.1 Å². The van der Waals surface area contributed by atoms with Crippen LogP contribution in [0, 0.1) is 0 Å². The Bertz CT molecular complexity index is 426. The first-order valence-corrected chi connectivity index (χ1v) is 6.07. The number of rotatable bonds is 3. The van der Waals surface area contributed by atoms with Crippen LogP contribution < -0.4 is 0 Å². The maximum atomic E-state index is 10.7. The lowest BCUT2D eigenvalue weighted by molar-refractivity contribution is -0.137. The summed E-state index contributed by atoms with van der Waals surface area (Å²) in [5, 5.41) is 8.78. The van der Waals surface area contributed by atoms with Crippen molar-refractivity contribution in [3.05, 3.63) is 35.4 Å². The highest BCUT2D eigenvalue weighted by atomic mass is 16.4. The molecule has 0 saturated heterocycles. The SMILES string of the molecule is CC1(C)c2ccccc2CCN1CCC(=O)O. The Kier molecular flexibility index (Phi) is 3.20. The van der Waals surface area contributed by atoms with Gasteiger partial charge in [-0.15, -0.1) is 0 Å². The highest BCUT2D eigenvalue weighted by Gasteiger charge is 2.33. The molecule has 0 saturated carbocycles. The Hall–Kier alpha value is -1.35. The van der Waals surface area contributed by atoms with Crippen molar-refractivity contribution in [2.24, 2.45) is 0 Å². The quantitative estimate of drug-likeness (QED) is 0.870. The molecule has 0 radical (unpaired) electrons. The second kappa shape index (κ2) is 4.49. The van der Waals surface area contributed by atoms with Gasteiger partial charge in [-0.1, -0.05) is 24.3 Å². The second-order valence-electron chi connectivity index (χ2n) is 5.10. The molecule has 0 fully saturated rings. The van der Waals surface area contributed by atoms with E-state index in [9.17, 15) is 4.79 Å². The van der Waals surface area contributed by atoms with Crippen LogP contribution in [-0.4, -0.2) is 29.1 Å². The number of carboxylic acids is 1. The Morgan fingerprint density at radius 3 is 2.82 bits per heavy atom. The van der Waals surface area contributed by atoms with Gasteiger partial charge in [-0.25, -0.2) is 0 Å². The number of carboxylic acid groups (broad SMARTS) is 1. The summed E-state index contributed by atoms with van der Waals surface area (Å²) >= 11 is 0. The van der Waals surface area contributed by atoms with Gasteiger partial charge in [0.15, 0.2) is 0 Å². The monoisotopic (exact) mass is 233 g/mol. The summed E-state index contributed by atoms with van der Waals surface area (Å²) in [5.41, 5.74) is 2.66. The van der Waals surface area contributed by atoms with E-state index in [0.717, 1.165) is 13.0 Å². The zero-order chi connectivity index (χ0) is 12.5. The number of hydrogen-bond donors (Lipinski definition) is 1. The summed E-state index contributed by atoms with van der Waals surface area (Å²) in [7, 11) is 0. The third-order valence-corrected chi connectivity index (χ3v) is 3.71. The molecule has 92 valence electrons. The van der Waals surface area contributed by atoms with E-state index >= 15 is 0 Å². The molecule has 1 aromatic carbocycles. The molecule has 1 heterocycles. The van der Waals surface area contributed by atoms with Crippen molar-refractivity contribution >= 4 is 5.97 Å².